The first kappa shape index (κ1) is 18.1. The average molecular weight is 351 g/mol. The molecule has 6 nitrogen and oxygen atoms in total. The van der Waals surface area contributed by atoms with Crippen LogP contribution in [0.15, 0.2) is 47.4 Å². The van der Waals surface area contributed by atoms with Crippen LogP contribution in [0.5, 0.6) is 17.2 Å². The summed E-state index contributed by atoms with van der Waals surface area (Å²) in [4.78, 5) is 0.0457. The first-order valence-corrected chi connectivity index (χ1v) is 8.83. The molecule has 0 radical (unpaired) electrons. The Morgan fingerprint density at radius 2 is 1.62 bits per heavy atom. The normalized spacial score (nSPS) is 11.1. The molecular formula is C17H21NO5S. The molecule has 0 fully saturated rings. The Balaban J connectivity index is 2.14. The van der Waals surface area contributed by atoms with Gasteiger partial charge in [0.2, 0.25) is 10.0 Å². The Morgan fingerprint density at radius 1 is 0.917 bits per heavy atom. The number of hydrogen-bond donors (Lipinski definition) is 1. The van der Waals surface area contributed by atoms with Crippen LogP contribution in [-0.2, 0) is 16.4 Å². The number of benzene rings is 2. The van der Waals surface area contributed by atoms with E-state index in [9.17, 15) is 8.42 Å². The first-order chi connectivity index (χ1) is 11.5. The number of para-hydroxylation sites is 1. The SMILES string of the molecule is COc1ccc(OC)c(S(=O)(=O)NCCc2ccccc2OC)c1. The van der Waals surface area contributed by atoms with E-state index >= 15 is 0 Å². The highest BCUT2D eigenvalue weighted by Crippen LogP contribution is 2.28. The molecule has 7 heteroatoms. The lowest BCUT2D eigenvalue weighted by molar-refractivity contribution is 0.392. The standard InChI is InChI=1S/C17H21NO5S/c1-21-14-8-9-16(23-3)17(12-14)24(19,20)18-11-10-13-6-4-5-7-15(13)22-2/h4-9,12,18H,10-11H2,1-3H3. The molecule has 0 aliphatic rings. The lowest BCUT2D eigenvalue weighted by atomic mass is 10.1. The second-order valence-corrected chi connectivity index (χ2v) is 6.71. The molecule has 130 valence electrons. The van der Waals surface area contributed by atoms with Crippen molar-refractivity contribution in [3.05, 3.63) is 48.0 Å². The second-order valence-electron chi connectivity index (χ2n) is 4.98. The van der Waals surface area contributed by atoms with Crippen LogP contribution in [0.1, 0.15) is 5.56 Å². The highest BCUT2D eigenvalue weighted by atomic mass is 32.2. The fourth-order valence-corrected chi connectivity index (χ4v) is 3.52. The summed E-state index contributed by atoms with van der Waals surface area (Å²) in [7, 11) is 0.772. The largest absolute Gasteiger partial charge is 0.497 e. The summed E-state index contributed by atoms with van der Waals surface area (Å²) >= 11 is 0. The Labute approximate surface area is 142 Å². The van der Waals surface area contributed by atoms with Gasteiger partial charge in [0.15, 0.2) is 0 Å². The highest BCUT2D eigenvalue weighted by Gasteiger charge is 2.20. The van der Waals surface area contributed by atoms with Crippen molar-refractivity contribution in [3.8, 4) is 17.2 Å². The Kier molecular flexibility index (Phi) is 6.05. The number of nitrogens with one attached hydrogen (secondary N) is 1. The smallest absolute Gasteiger partial charge is 0.244 e. The fourth-order valence-electron chi connectivity index (χ4n) is 2.30. The predicted molar refractivity (Wildman–Crippen MR) is 91.4 cm³/mol. The summed E-state index contributed by atoms with van der Waals surface area (Å²) < 4.78 is 43.2. The number of hydrogen-bond acceptors (Lipinski definition) is 5. The lowest BCUT2D eigenvalue weighted by Crippen LogP contribution is -2.26. The van der Waals surface area contributed by atoms with E-state index < -0.39 is 10.0 Å². The molecule has 0 saturated carbocycles. The predicted octanol–water partition coefficient (Wildman–Crippen LogP) is 2.23. The van der Waals surface area contributed by atoms with Crippen LogP contribution in [-0.4, -0.2) is 36.3 Å². The third-order valence-electron chi connectivity index (χ3n) is 3.54. The summed E-state index contributed by atoms with van der Waals surface area (Å²) in [5, 5.41) is 0. The zero-order valence-electron chi connectivity index (χ0n) is 13.9. The van der Waals surface area contributed by atoms with E-state index in [1.54, 1.807) is 19.2 Å². The molecule has 24 heavy (non-hydrogen) atoms. The summed E-state index contributed by atoms with van der Waals surface area (Å²) in [6, 6.07) is 12.1. The van der Waals surface area contributed by atoms with E-state index in [4.69, 9.17) is 14.2 Å². The minimum Gasteiger partial charge on any atom is -0.497 e. The van der Waals surface area contributed by atoms with E-state index in [-0.39, 0.29) is 17.2 Å². The molecule has 0 amide bonds. The van der Waals surface area contributed by atoms with E-state index in [1.807, 2.05) is 24.3 Å². The van der Waals surface area contributed by atoms with Gasteiger partial charge in [-0.2, -0.15) is 0 Å². The molecule has 0 atom stereocenters. The van der Waals surface area contributed by atoms with Crippen LogP contribution in [0.25, 0.3) is 0 Å². The minimum absolute atomic E-state index is 0.0457. The lowest BCUT2D eigenvalue weighted by Gasteiger charge is -2.13. The molecule has 1 N–H and O–H groups in total. The van der Waals surface area contributed by atoms with Gasteiger partial charge in [0.1, 0.15) is 22.1 Å². The molecule has 0 aliphatic heterocycles. The van der Waals surface area contributed by atoms with Crippen LogP contribution in [0.4, 0.5) is 0 Å². The van der Waals surface area contributed by atoms with Gasteiger partial charge in [0.25, 0.3) is 0 Å². The van der Waals surface area contributed by atoms with Gasteiger partial charge in [0, 0.05) is 12.6 Å². The van der Waals surface area contributed by atoms with Gasteiger partial charge < -0.3 is 14.2 Å². The number of methoxy groups -OCH3 is 3. The maximum Gasteiger partial charge on any atom is 0.244 e. The number of ether oxygens (including phenoxy) is 3. The third-order valence-corrected chi connectivity index (χ3v) is 5.02. The molecule has 0 bridgehead atoms. The highest BCUT2D eigenvalue weighted by molar-refractivity contribution is 7.89. The fraction of sp³-hybridized carbons (Fsp3) is 0.294. The minimum atomic E-state index is -3.72. The third kappa shape index (κ3) is 4.18. The van der Waals surface area contributed by atoms with Crippen LogP contribution < -0.4 is 18.9 Å². The molecular weight excluding hydrogens is 330 g/mol. The van der Waals surface area contributed by atoms with Gasteiger partial charge in [-0.1, -0.05) is 18.2 Å². The quantitative estimate of drug-likeness (QED) is 0.789. The van der Waals surface area contributed by atoms with E-state index in [0.717, 1.165) is 11.3 Å². The maximum absolute atomic E-state index is 12.5. The van der Waals surface area contributed by atoms with E-state index in [1.165, 1.54) is 20.3 Å². The van der Waals surface area contributed by atoms with Crippen molar-refractivity contribution < 1.29 is 22.6 Å². The average Bonchev–Trinajstić information content (AvgIpc) is 2.61. The van der Waals surface area contributed by atoms with E-state index in [2.05, 4.69) is 4.72 Å². The molecule has 2 rings (SSSR count). The Hall–Kier alpha value is -2.25. The maximum atomic E-state index is 12.5. The molecule has 0 aliphatic carbocycles. The van der Waals surface area contributed by atoms with Gasteiger partial charge in [0.05, 0.1) is 21.3 Å². The van der Waals surface area contributed by atoms with Crippen LogP contribution in [0.3, 0.4) is 0 Å². The Morgan fingerprint density at radius 3 is 2.29 bits per heavy atom. The van der Waals surface area contributed by atoms with Gasteiger partial charge in [-0.05, 0) is 30.2 Å². The first-order valence-electron chi connectivity index (χ1n) is 7.35. The monoisotopic (exact) mass is 351 g/mol. The zero-order valence-corrected chi connectivity index (χ0v) is 14.7. The number of rotatable bonds is 8. The molecule has 0 aromatic heterocycles. The van der Waals surface area contributed by atoms with Crippen molar-refractivity contribution in [1.82, 2.24) is 4.72 Å². The summed E-state index contributed by atoms with van der Waals surface area (Å²) in [6.07, 6.45) is 0.509. The van der Waals surface area contributed by atoms with Crippen molar-refractivity contribution in [2.75, 3.05) is 27.9 Å². The van der Waals surface area contributed by atoms with Crippen molar-refractivity contribution in [3.63, 3.8) is 0 Å². The number of sulfonamides is 1. The van der Waals surface area contributed by atoms with Crippen LogP contribution in [0.2, 0.25) is 0 Å². The Bertz CT molecular complexity index is 789. The van der Waals surface area contributed by atoms with Crippen LogP contribution in [0, 0.1) is 0 Å². The molecule has 2 aromatic carbocycles. The van der Waals surface area contributed by atoms with Crippen molar-refractivity contribution in [2.45, 2.75) is 11.3 Å². The summed E-state index contributed by atoms with van der Waals surface area (Å²) in [5.74, 6) is 1.44. The molecule has 0 spiro atoms. The van der Waals surface area contributed by atoms with Crippen LogP contribution >= 0.6 is 0 Å². The second kappa shape index (κ2) is 8.03. The van der Waals surface area contributed by atoms with Crippen molar-refractivity contribution in [1.29, 1.82) is 0 Å². The van der Waals surface area contributed by atoms with Gasteiger partial charge in [-0.15, -0.1) is 0 Å². The summed E-state index contributed by atoms with van der Waals surface area (Å²) in [5.41, 5.74) is 0.931. The molecule has 2 aromatic rings. The van der Waals surface area contributed by atoms with Crippen molar-refractivity contribution in [2.24, 2.45) is 0 Å². The van der Waals surface area contributed by atoms with Crippen molar-refractivity contribution >= 4 is 10.0 Å². The van der Waals surface area contributed by atoms with E-state index in [0.29, 0.717) is 12.2 Å². The zero-order chi connectivity index (χ0) is 17.6. The molecule has 0 unspecified atom stereocenters. The van der Waals surface area contributed by atoms with Gasteiger partial charge in [-0.25, -0.2) is 13.1 Å². The van der Waals surface area contributed by atoms with Gasteiger partial charge >= 0.3 is 0 Å². The van der Waals surface area contributed by atoms with Gasteiger partial charge in [-0.3, -0.25) is 0 Å². The topological polar surface area (TPSA) is 73.9 Å². The molecule has 0 saturated heterocycles. The molecule has 0 heterocycles. The summed E-state index contributed by atoms with van der Waals surface area (Å²) in [6.45, 7) is 0.239.